The van der Waals surface area contributed by atoms with E-state index in [1.54, 1.807) is 13.0 Å². The maximum atomic E-state index is 13.8. The first-order valence-corrected chi connectivity index (χ1v) is 8.76. The molecule has 1 atom stereocenters. The summed E-state index contributed by atoms with van der Waals surface area (Å²) in [6.45, 7) is 5.82. The number of aliphatic hydroxyl groups excluding tert-OH is 1. The van der Waals surface area contributed by atoms with E-state index in [0.717, 1.165) is 18.5 Å². The molecule has 1 heterocycles. The first-order valence-electron chi connectivity index (χ1n) is 8.76. The number of anilines is 3. The Kier molecular flexibility index (Phi) is 5.18. The minimum atomic E-state index is -0.250. The number of nitrogens with one attached hydrogen (secondary N) is 2. The van der Waals surface area contributed by atoms with E-state index in [1.807, 2.05) is 26.0 Å². The van der Waals surface area contributed by atoms with Gasteiger partial charge in [0.1, 0.15) is 11.6 Å². The van der Waals surface area contributed by atoms with E-state index in [1.165, 1.54) is 6.07 Å². The zero-order valence-corrected chi connectivity index (χ0v) is 14.9. The molecule has 25 heavy (non-hydrogen) atoms. The Hall–Kier alpha value is -2.21. The highest BCUT2D eigenvalue weighted by Crippen LogP contribution is 2.40. The number of aliphatic hydroxyl groups is 1. The number of hydrogen-bond acceptors (Lipinski definition) is 5. The highest BCUT2D eigenvalue weighted by molar-refractivity contribution is 5.58. The fraction of sp³-hybridized carbons (Fsp3) is 0.474. The van der Waals surface area contributed by atoms with Crippen molar-refractivity contribution in [3.05, 3.63) is 41.3 Å². The molecule has 2 aromatic rings. The van der Waals surface area contributed by atoms with Gasteiger partial charge in [-0.2, -0.15) is 4.98 Å². The third kappa shape index (κ3) is 4.45. The smallest absolute Gasteiger partial charge is 0.225 e. The minimum Gasteiger partial charge on any atom is -0.394 e. The molecule has 0 spiro atoms. The topological polar surface area (TPSA) is 70.1 Å². The van der Waals surface area contributed by atoms with Gasteiger partial charge in [0, 0.05) is 17.7 Å². The predicted molar refractivity (Wildman–Crippen MR) is 97.8 cm³/mol. The molecule has 1 aliphatic rings. The molecule has 0 unspecified atom stereocenters. The van der Waals surface area contributed by atoms with E-state index in [0.29, 0.717) is 28.9 Å². The van der Waals surface area contributed by atoms with Gasteiger partial charge in [0.25, 0.3) is 0 Å². The number of nitrogens with zero attached hydrogens (tertiary/aromatic N) is 2. The standard InChI is InChI=1S/C19H25FN4O/c1-11(2)17(10-25)23-19-22-16(13-5-6-13)9-18(24-19)21-14-7-4-12(3)15(20)8-14/h4,7-9,11,13,17,25H,5-6,10H2,1-3H3,(H2,21,22,23,24)/t17-/m0/s1. The van der Waals surface area contributed by atoms with E-state index in [-0.39, 0.29) is 24.4 Å². The first-order chi connectivity index (χ1) is 12.0. The molecule has 1 saturated carbocycles. The Morgan fingerprint density at radius 2 is 2.00 bits per heavy atom. The van der Waals surface area contributed by atoms with Crippen molar-refractivity contribution >= 4 is 17.5 Å². The molecular weight excluding hydrogens is 319 g/mol. The molecule has 3 N–H and O–H groups in total. The maximum absolute atomic E-state index is 13.8. The van der Waals surface area contributed by atoms with Crippen molar-refractivity contribution in [2.45, 2.75) is 45.6 Å². The summed E-state index contributed by atoms with van der Waals surface area (Å²) in [5.74, 6) is 1.58. The van der Waals surface area contributed by atoms with Gasteiger partial charge in [0.2, 0.25) is 5.95 Å². The summed E-state index contributed by atoms with van der Waals surface area (Å²) in [6, 6.07) is 6.84. The summed E-state index contributed by atoms with van der Waals surface area (Å²) in [7, 11) is 0. The Bertz CT molecular complexity index is 746. The molecule has 0 radical (unpaired) electrons. The van der Waals surface area contributed by atoms with Gasteiger partial charge in [-0.3, -0.25) is 0 Å². The number of aromatic nitrogens is 2. The monoisotopic (exact) mass is 344 g/mol. The van der Waals surface area contributed by atoms with E-state index in [9.17, 15) is 9.50 Å². The van der Waals surface area contributed by atoms with Crippen LogP contribution in [0.3, 0.4) is 0 Å². The number of halogens is 1. The van der Waals surface area contributed by atoms with Crippen LogP contribution in [0, 0.1) is 18.7 Å². The van der Waals surface area contributed by atoms with Crippen molar-refractivity contribution in [1.29, 1.82) is 0 Å². The molecule has 0 bridgehead atoms. The third-order valence-corrected chi connectivity index (χ3v) is 4.50. The van der Waals surface area contributed by atoms with Crippen LogP contribution in [0.4, 0.5) is 21.8 Å². The summed E-state index contributed by atoms with van der Waals surface area (Å²) >= 11 is 0. The number of rotatable bonds is 7. The second kappa shape index (κ2) is 7.35. The molecule has 0 amide bonds. The summed E-state index contributed by atoms with van der Waals surface area (Å²) < 4.78 is 13.8. The largest absolute Gasteiger partial charge is 0.394 e. The van der Waals surface area contributed by atoms with Crippen LogP contribution in [0.2, 0.25) is 0 Å². The first kappa shape index (κ1) is 17.6. The average Bonchev–Trinajstić information content (AvgIpc) is 3.40. The summed E-state index contributed by atoms with van der Waals surface area (Å²) in [6.07, 6.45) is 2.26. The van der Waals surface area contributed by atoms with Gasteiger partial charge in [0.05, 0.1) is 18.3 Å². The van der Waals surface area contributed by atoms with Gasteiger partial charge in [-0.1, -0.05) is 19.9 Å². The van der Waals surface area contributed by atoms with Crippen LogP contribution >= 0.6 is 0 Å². The van der Waals surface area contributed by atoms with Crippen LogP contribution in [-0.2, 0) is 0 Å². The molecular formula is C19H25FN4O. The fourth-order valence-corrected chi connectivity index (χ4v) is 2.59. The number of hydrogen-bond donors (Lipinski definition) is 3. The molecule has 1 aliphatic carbocycles. The van der Waals surface area contributed by atoms with E-state index in [4.69, 9.17) is 0 Å². The van der Waals surface area contributed by atoms with Crippen LogP contribution in [0.25, 0.3) is 0 Å². The van der Waals surface area contributed by atoms with Crippen molar-refractivity contribution in [3.63, 3.8) is 0 Å². The molecule has 5 nitrogen and oxygen atoms in total. The predicted octanol–water partition coefficient (Wildman–Crippen LogP) is 3.97. The van der Waals surface area contributed by atoms with Gasteiger partial charge >= 0.3 is 0 Å². The highest BCUT2D eigenvalue weighted by Gasteiger charge is 2.26. The zero-order valence-electron chi connectivity index (χ0n) is 14.9. The summed E-state index contributed by atoms with van der Waals surface area (Å²) in [5, 5.41) is 15.9. The second-order valence-corrected chi connectivity index (χ2v) is 7.04. The lowest BCUT2D eigenvalue weighted by Crippen LogP contribution is -2.30. The summed E-state index contributed by atoms with van der Waals surface area (Å²) in [4.78, 5) is 9.09. The van der Waals surface area contributed by atoms with Gasteiger partial charge in [-0.15, -0.1) is 0 Å². The molecule has 1 fully saturated rings. The molecule has 0 saturated heterocycles. The molecule has 1 aromatic heterocycles. The van der Waals surface area contributed by atoms with E-state index < -0.39 is 0 Å². The quantitative estimate of drug-likeness (QED) is 0.709. The van der Waals surface area contributed by atoms with Crippen LogP contribution in [-0.4, -0.2) is 27.7 Å². The number of aryl methyl sites for hydroxylation is 1. The highest BCUT2D eigenvalue weighted by atomic mass is 19.1. The van der Waals surface area contributed by atoms with Gasteiger partial charge in [-0.05, 0) is 43.4 Å². The molecule has 134 valence electrons. The molecule has 0 aliphatic heterocycles. The molecule has 6 heteroatoms. The van der Waals surface area contributed by atoms with E-state index >= 15 is 0 Å². The Balaban J connectivity index is 1.86. The normalized spacial score (nSPS) is 15.3. The van der Waals surface area contributed by atoms with Crippen molar-refractivity contribution in [1.82, 2.24) is 9.97 Å². The van der Waals surface area contributed by atoms with Crippen molar-refractivity contribution < 1.29 is 9.50 Å². The lowest BCUT2D eigenvalue weighted by Gasteiger charge is -2.20. The Labute approximate surface area is 147 Å². The zero-order chi connectivity index (χ0) is 18.0. The average molecular weight is 344 g/mol. The minimum absolute atomic E-state index is 0.0145. The van der Waals surface area contributed by atoms with Gasteiger partial charge < -0.3 is 15.7 Å². The van der Waals surface area contributed by atoms with Gasteiger partial charge in [0.15, 0.2) is 0 Å². The third-order valence-electron chi connectivity index (χ3n) is 4.50. The lowest BCUT2D eigenvalue weighted by atomic mass is 10.1. The van der Waals surface area contributed by atoms with Crippen molar-refractivity contribution in [3.8, 4) is 0 Å². The summed E-state index contributed by atoms with van der Waals surface area (Å²) in [5.41, 5.74) is 2.24. The molecule has 1 aromatic carbocycles. The maximum Gasteiger partial charge on any atom is 0.225 e. The second-order valence-electron chi connectivity index (χ2n) is 7.04. The Morgan fingerprint density at radius 1 is 1.24 bits per heavy atom. The molecule has 3 rings (SSSR count). The number of benzene rings is 1. The van der Waals surface area contributed by atoms with E-state index in [2.05, 4.69) is 20.6 Å². The van der Waals surface area contributed by atoms with Gasteiger partial charge in [-0.25, -0.2) is 9.37 Å². The van der Waals surface area contributed by atoms with Crippen LogP contribution < -0.4 is 10.6 Å². The van der Waals surface area contributed by atoms with Crippen LogP contribution in [0.15, 0.2) is 24.3 Å². The SMILES string of the molecule is Cc1ccc(Nc2cc(C3CC3)nc(N[C@@H](CO)C(C)C)n2)cc1F. The lowest BCUT2D eigenvalue weighted by molar-refractivity contribution is 0.248. The fourth-order valence-electron chi connectivity index (χ4n) is 2.59. The Morgan fingerprint density at radius 3 is 2.60 bits per heavy atom. The van der Waals surface area contributed by atoms with Crippen LogP contribution in [0.5, 0.6) is 0 Å². The van der Waals surface area contributed by atoms with Crippen LogP contribution in [0.1, 0.15) is 43.9 Å². The van der Waals surface area contributed by atoms with Crippen molar-refractivity contribution in [2.75, 3.05) is 17.2 Å². The van der Waals surface area contributed by atoms with Crippen molar-refractivity contribution in [2.24, 2.45) is 5.92 Å².